The lowest BCUT2D eigenvalue weighted by molar-refractivity contribution is 0.0944. The first-order chi connectivity index (χ1) is 6.20. The van der Waals surface area contributed by atoms with Gasteiger partial charge in [-0.15, -0.1) is 0 Å². The van der Waals surface area contributed by atoms with E-state index in [2.05, 4.69) is 12.3 Å². The van der Waals surface area contributed by atoms with Gasteiger partial charge in [-0.3, -0.25) is 10.2 Å². The number of rotatable bonds is 3. The maximum absolute atomic E-state index is 11.3. The molecule has 4 heteroatoms. The summed E-state index contributed by atoms with van der Waals surface area (Å²) >= 11 is 0. The lowest BCUT2D eigenvalue weighted by atomic mass is 10.4. The van der Waals surface area contributed by atoms with Crippen LogP contribution in [0.1, 0.15) is 29.5 Å². The zero-order valence-electron chi connectivity index (χ0n) is 8.00. The number of carbonyl (C=O) groups is 1. The number of aromatic nitrogens is 1. The summed E-state index contributed by atoms with van der Waals surface area (Å²) in [7, 11) is 0. The van der Waals surface area contributed by atoms with Crippen LogP contribution in [0, 0.1) is 6.92 Å². The van der Waals surface area contributed by atoms with Crippen LogP contribution in [-0.4, -0.2) is 10.5 Å². The fourth-order valence-electron chi connectivity index (χ4n) is 1.36. The van der Waals surface area contributed by atoms with Crippen LogP contribution < -0.4 is 11.3 Å². The first-order valence-electron chi connectivity index (χ1n) is 4.37. The van der Waals surface area contributed by atoms with E-state index in [1.807, 2.05) is 17.6 Å². The number of nitrogens with one attached hydrogen (secondary N) is 1. The third-order valence-corrected chi connectivity index (χ3v) is 2.01. The Morgan fingerprint density at radius 2 is 2.31 bits per heavy atom. The Balaban J connectivity index is 2.99. The van der Waals surface area contributed by atoms with Gasteiger partial charge in [0.1, 0.15) is 5.69 Å². The van der Waals surface area contributed by atoms with E-state index >= 15 is 0 Å². The molecule has 0 saturated heterocycles. The van der Waals surface area contributed by atoms with Crippen LogP contribution in [0.5, 0.6) is 0 Å². The van der Waals surface area contributed by atoms with Crippen molar-refractivity contribution in [1.82, 2.24) is 9.99 Å². The molecular formula is C9H15N3O. The second-order valence-electron chi connectivity index (χ2n) is 2.99. The second-order valence-corrected chi connectivity index (χ2v) is 2.99. The smallest absolute Gasteiger partial charge is 0.281 e. The second kappa shape index (κ2) is 4.09. The number of hydrogen-bond donors (Lipinski definition) is 2. The quantitative estimate of drug-likeness (QED) is 0.412. The largest absolute Gasteiger partial charge is 0.341 e. The highest BCUT2D eigenvalue weighted by Crippen LogP contribution is 2.08. The number of aryl methyl sites for hydroxylation is 1. The van der Waals surface area contributed by atoms with Crippen LogP contribution in [0.4, 0.5) is 0 Å². The Kier molecular flexibility index (Phi) is 3.08. The maximum Gasteiger partial charge on any atom is 0.281 e. The van der Waals surface area contributed by atoms with Gasteiger partial charge in [-0.1, -0.05) is 6.92 Å². The zero-order chi connectivity index (χ0) is 9.84. The van der Waals surface area contributed by atoms with Gasteiger partial charge in [-0.2, -0.15) is 0 Å². The molecule has 1 aromatic heterocycles. The maximum atomic E-state index is 11.3. The fraction of sp³-hybridized carbons (Fsp3) is 0.444. The van der Waals surface area contributed by atoms with Crippen LogP contribution in [0.3, 0.4) is 0 Å². The molecule has 0 atom stereocenters. The van der Waals surface area contributed by atoms with Crippen molar-refractivity contribution in [1.29, 1.82) is 0 Å². The summed E-state index contributed by atoms with van der Waals surface area (Å²) in [4.78, 5) is 11.3. The van der Waals surface area contributed by atoms with Crippen molar-refractivity contribution in [3.63, 3.8) is 0 Å². The highest BCUT2D eigenvalue weighted by molar-refractivity contribution is 5.92. The molecule has 0 aliphatic heterocycles. The molecule has 72 valence electrons. The van der Waals surface area contributed by atoms with E-state index < -0.39 is 0 Å². The average Bonchev–Trinajstić information content (AvgIpc) is 2.48. The van der Waals surface area contributed by atoms with Crippen molar-refractivity contribution >= 4 is 5.91 Å². The summed E-state index contributed by atoms with van der Waals surface area (Å²) in [6, 6.07) is 3.70. The van der Waals surface area contributed by atoms with Gasteiger partial charge in [0.25, 0.3) is 5.91 Å². The van der Waals surface area contributed by atoms with E-state index in [0.717, 1.165) is 18.7 Å². The zero-order valence-corrected chi connectivity index (χ0v) is 8.00. The molecule has 4 nitrogen and oxygen atoms in total. The van der Waals surface area contributed by atoms with E-state index in [4.69, 9.17) is 5.84 Å². The van der Waals surface area contributed by atoms with Crippen molar-refractivity contribution in [3.8, 4) is 0 Å². The molecule has 0 aliphatic rings. The van der Waals surface area contributed by atoms with E-state index in [-0.39, 0.29) is 5.91 Å². The normalized spacial score (nSPS) is 10.1. The molecule has 3 N–H and O–H groups in total. The summed E-state index contributed by atoms with van der Waals surface area (Å²) < 4.78 is 1.96. The predicted octanol–water partition coefficient (Wildman–Crippen LogP) is 0.810. The number of carbonyl (C=O) groups excluding carboxylic acids is 1. The van der Waals surface area contributed by atoms with E-state index in [0.29, 0.717) is 5.69 Å². The topological polar surface area (TPSA) is 60.0 Å². The minimum atomic E-state index is -0.235. The predicted molar refractivity (Wildman–Crippen MR) is 51.1 cm³/mol. The molecule has 1 heterocycles. The van der Waals surface area contributed by atoms with E-state index in [1.165, 1.54) is 0 Å². The van der Waals surface area contributed by atoms with Crippen LogP contribution in [0.15, 0.2) is 12.1 Å². The van der Waals surface area contributed by atoms with Crippen LogP contribution in [0.25, 0.3) is 0 Å². The summed E-state index contributed by atoms with van der Waals surface area (Å²) in [6.07, 6.45) is 1.00. The number of nitrogens with two attached hydrogens (primary N) is 1. The molecule has 0 spiro atoms. The number of hydrazine groups is 1. The van der Waals surface area contributed by atoms with Crippen LogP contribution in [0.2, 0.25) is 0 Å². The Bertz CT molecular complexity index is 304. The summed E-state index contributed by atoms with van der Waals surface area (Å²) in [6.45, 7) is 4.90. The third kappa shape index (κ3) is 1.89. The standard InChI is InChI=1S/C9H15N3O/c1-3-6-12-7(2)4-5-8(12)9(13)11-10/h4-5H,3,6,10H2,1-2H3,(H,11,13). The molecule has 0 fully saturated rings. The molecule has 0 aliphatic carbocycles. The Hall–Kier alpha value is -1.29. The number of amides is 1. The van der Waals surface area contributed by atoms with Gasteiger partial charge in [0, 0.05) is 12.2 Å². The first-order valence-corrected chi connectivity index (χ1v) is 4.37. The van der Waals surface area contributed by atoms with Crippen molar-refractivity contribution in [2.75, 3.05) is 0 Å². The monoisotopic (exact) mass is 181 g/mol. The van der Waals surface area contributed by atoms with Gasteiger partial charge in [0.15, 0.2) is 0 Å². The van der Waals surface area contributed by atoms with E-state index in [9.17, 15) is 4.79 Å². The Morgan fingerprint density at radius 3 is 2.85 bits per heavy atom. The van der Waals surface area contributed by atoms with Gasteiger partial charge >= 0.3 is 0 Å². The summed E-state index contributed by atoms with van der Waals surface area (Å²) in [5, 5.41) is 0. The van der Waals surface area contributed by atoms with Crippen molar-refractivity contribution in [2.24, 2.45) is 5.84 Å². The molecule has 0 aromatic carbocycles. The van der Waals surface area contributed by atoms with Gasteiger partial charge in [0.05, 0.1) is 0 Å². The van der Waals surface area contributed by atoms with Crippen molar-refractivity contribution < 1.29 is 4.79 Å². The highest BCUT2D eigenvalue weighted by Gasteiger charge is 2.10. The molecule has 13 heavy (non-hydrogen) atoms. The van der Waals surface area contributed by atoms with Gasteiger partial charge < -0.3 is 4.57 Å². The Labute approximate surface area is 77.7 Å². The molecule has 1 amide bonds. The van der Waals surface area contributed by atoms with Crippen LogP contribution in [-0.2, 0) is 6.54 Å². The van der Waals surface area contributed by atoms with Gasteiger partial charge in [-0.05, 0) is 25.5 Å². The van der Waals surface area contributed by atoms with Gasteiger partial charge in [0.2, 0.25) is 0 Å². The van der Waals surface area contributed by atoms with Crippen LogP contribution >= 0.6 is 0 Å². The minimum Gasteiger partial charge on any atom is -0.341 e. The molecule has 0 bridgehead atoms. The molecule has 0 unspecified atom stereocenters. The number of hydrogen-bond acceptors (Lipinski definition) is 2. The lowest BCUT2D eigenvalue weighted by Crippen LogP contribution is -2.31. The minimum absolute atomic E-state index is 0.235. The summed E-state index contributed by atoms with van der Waals surface area (Å²) in [5.74, 6) is 4.83. The average molecular weight is 181 g/mol. The first kappa shape index (κ1) is 9.80. The molecule has 1 aromatic rings. The fourth-order valence-corrected chi connectivity index (χ4v) is 1.36. The SMILES string of the molecule is CCCn1c(C)ccc1C(=O)NN. The third-order valence-electron chi connectivity index (χ3n) is 2.01. The lowest BCUT2D eigenvalue weighted by Gasteiger charge is -2.08. The Morgan fingerprint density at radius 1 is 1.62 bits per heavy atom. The molecular weight excluding hydrogens is 166 g/mol. The number of nitrogens with zero attached hydrogens (tertiary/aromatic N) is 1. The molecule has 1 rings (SSSR count). The summed E-state index contributed by atoms with van der Waals surface area (Å²) in [5.41, 5.74) is 3.84. The number of nitrogen functional groups attached to an aromatic ring is 1. The van der Waals surface area contributed by atoms with Crippen molar-refractivity contribution in [2.45, 2.75) is 26.8 Å². The van der Waals surface area contributed by atoms with Gasteiger partial charge in [-0.25, -0.2) is 5.84 Å². The van der Waals surface area contributed by atoms with Crippen molar-refractivity contribution in [3.05, 3.63) is 23.5 Å². The molecule has 0 radical (unpaired) electrons. The van der Waals surface area contributed by atoms with E-state index in [1.54, 1.807) is 6.07 Å². The molecule has 0 saturated carbocycles. The highest BCUT2D eigenvalue weighted by atomic mass is 16.2.